The molecule has 1 amide bonds. The second kappa shape index (κ2) is 5.01. The van der Waals surface area contributed by atoms with Crippen LogP contribution in [0, 0.1) is 0 Å². The van der Waals surface area contributed by atoms with Gasteiger partial charge in [0.1, 0.15) is 5.54 Å². The molecular formula is C11H18N2O4. The zero-order chi connectivity index (χ0) is 12.3. The Morgan fingerprint density at radius 3 is 2.59 bits per heavy atom. The third kappa shape index (κ3) is 2.58. The van der Waals surface area contributed by atoms with Gasteiger partial charge >= 0.3 is 5.97 Å². The molecule has 17 heavy (non-hydrogen) atoms. The fourth-order valence-electron chi connectivity index (χ4n) is 2.34. The first-order valence-electron chi connectivity index (χ1n) is 6.01. The van der Waals surface area contributed by atoms with E-state index < -0.39 is 11.5 Å². The Morgan fingerprint density at radius 1 is 1.35 bits per heavy atom. The fourth-order valence-corrected chi connectivity index (χ4v) is 2.34. The summed E-state index contributed by atoms with van der Waals surface area (Å²) in [7, 11) is 0. The van der Waals surface area contributed by atoms with Crippen LogP contribution in [0.5, 0.6) is 0 Å². The third-order valence-corrected chi connectivity index (χ3v) is 3.50. The van der Waals surface area contributed by atoms with E-state index in [1.165, 1.54) is 0 Å². The summed E-state index contributed by atoms with van der Waals surface area (Å²) < 4.78 is 5.15. The second-order valence-corrected chi connectivity index (χ2v) is 4.64. The predicted molar refractivity (Wildman–Crippen MR) is 59.6 cm³/mol. The molecule has 2 fully saturated rings. The molecule has 0 radical (unpaired) electrons. The van der Waals surface area contributed by atoms with Gasteiger partial charge in [-0.05, 0) is 19.4 Å². The number of amides is 1. The summed E-state index contributed by atoms with van der Waals surface area (Å²) in [5.41, 5.74) is -1.14. The summed E-state index contributed by atoms with van der Waals surface area (Å²) in [6.07, 6.45) is 2.40. The Bertz CT molecular complexity index is 307. The summed E-state index contributed by atoms with van der Waals surface area (Å²) in [4.78, 5) is 23.3. The number of rotatable bonds is 3. The van der Waals surface area contributed by atoms with Gasteiger partial charge < -0.3 is 20.5 Å². The second-order valence-electron chi connectivity index (χ2n) is 4.64. The van der Waals surface area contributed by atoms with Gasteiger partial charge in [0.2, 0.25) is 5.91 Å². The quantitative estimate of drug-likeness (QED) is 0.620. The Balaban J connectivity index is 2.01. The maximum Gasteiger partial charge on any atom is 0.329 e. The van der Waals surface area contributed by atoms with Crippen LogP contribution in [0.2, 0.25) is 0 Å². The highest BCUT2D eigenvalue weighted by Crippen LogP contribution is 2.21. The zero-order valence-corrected chi connectivity index (χ0v) is 9.70. The molecule has 0 saturated carbocycles. The molecule has 6 nitrogen and oxygen atoms in total. The van der Waals surface area contributed by atoms with E-state index in [2.05, 4.69) is 10.6 Å². The highest BCUT2D eigenvalue weighted by Gasteiger charge is 2.42. The summed E-state index contributed by atoms with van der Waals surface area (Å²) in [5.74, 6) is -1.17. The van der Waals surface area contributed by atoms with Crippen molar-refractivity contribution >= 4 is 11.9 Å². The molecule has 1 atom stereocenters. The summed E-state index contributed by atoms with van der Waals surface area (Å²) in [5, 5.41) is 15.0. The lowest BCUT2D eigenvalue weighted by Crippen LogP contribution is -2.60. The molecule has 2 rings (SSSR count). The van der Waals surface area contributed by atoms with Crippen LogP contribution in [0.15, 0.2) is 0 Å². The molecule has 96 valence electrons. The Morgan fingerprint density at radius 2 is 2.06 bits per heavy atom. The van der Waals surface area contributed by atoms with Crippen molar-refractivity contribution in [3.63, 3.8) is 0 Å². The monoisotopic (exact) mass is 242 g/mol. The van der Waals surface area contributed by atoms with Gasteiger partial charge in [0.15, 0.2) is 0 Å². The first-order valence-corrected chi connectivity index (χ1v) is 6.01. The van der Waals surface area contributed by atoms with Gasteiger partial charge in [-0.25, -0.2) is 4.79 Å². The normalized spacial score (nSPS) is 27.6. The number of ether oxygens (including phenoxy) is 1. The van der Waals surface area contributed by atoms with Crippen LogP contribution < -0.4 is 10.6 Å². The van der Waals surface area contributed by atoms with Gasteiger partial charge in [-0.15, -0.1) is 0 Å². The SMILES string of the molecule is O=C(NC1(C(=O)O)CCOCC1)[C@H]1CCCN1. The van der Waals surface area contributed by atoms with Gasteiger partial charge in [0, 0.05) is 26.1 Å². The minimum atomic E-state index is -1.14. The molecule has 0 bridgehead atoms. The Kier molecular flexibility index (Phi) is 3.63. The predicted octanol–water partition coefficient (Wildman–Crippen LogP) is -0.512. The highest BCUT2D eigenvalue weighted by atomic mass is 16.5. The first-order chi connectivity index (χ1) is 8.14. The van der Waals surface area contributed by atoms with Crippen LogP contribution in [0.3, 0.4) is 0 Å². The van der Waals surface area contributed by atoms with Crippen molar-refractivity contribution in [1.29, 1.82) is 0 Å². The van der Waals surface area contributed by atoms with Crippen LogP contribution in [-0.2, 0) is 14.3 Å². The smallest absolute Gasteiger partial charge is 0.329 e. The van der Waals surface area contributed by atoms with Crippen LogP contribution in [0.4, 0.5) is 0 Å². The van der Waals surface area contributed by atoms with E-state index in [9.17, 15) is 14.7 Å². The molecule has 0 aliphatic carbocycles. The number of aliphatic carboxylic acids is 1. The van der Waals surface area contributed by atoms with Crippen molar-refractivity contribution in [2.24, 2.45) is 0 Å². The lowest BCUT2D eigenvalue weighted by molar-refractivity contribution is -0.152. The van der Waals surface area contributed by atoms with E-state index in [0.717, 1.165) is 19.4 Å². The van der Waals surface area contributed by atoms with E-state index in [-0.39, 0.29) is 11.9 Å². The molecule has 3 N–H and O–H groups in total. The molecule has 2 aliphatic rings. The first kappa shape index (κ1) is 12.3. The molecule has 2 heterocycles. The van der Waals surface area contributed by atoms with Crippen LogP contribution >= 0.6 is 0 Å². The van der Waals surface area contributed by atoms with Crippen molar-refractivity contribution in [2.75, 3.05) is 19.8 Å². The molecule has 0 aromatic rings. The summed E-state index contributed by atoms with van der Waals surface area (Å²) in [6, 6.07) is -0.242. The molecule has 2 aliphatic heterocycles. The van der Waals surface area contributed by atoms with Gasteiger partial charge in [-0.1, -0.05) is 0 Å². The van der Waals surface area contributed by atoms with Crippen molar-refractivity contribution in [3.05, 3.63) is 0 Å². The van der Waals surface area contributed by atoms with Gasteiger partial charge in [0.25, 0.3) is 0 Å². The number of carboxylic acids is 1. The maximum absolute atomic E-state index is 11.9. The molecule has 0 aromatic carbocycles. The largest absolute Gasteiger partial charge is 0.480 e. The van der Waals surface area contributed by atoms with E-state index in [0.29, 0.717) is 26.1 Å². The fraction of sp³-hybridized carbons (Fsp3) is 0.818. The lowest BCUT2D eigenvalue weighted by Gasteiger charge is -2.34. The van der Waals surface area contributed by atoms with Crippen molar-refractivity contribution in [1.82, 2.24) is 10.6 Å². The maximum atomic E-state index is 11.9. The van der Waals surface area contributed by atoms with Crippen molar-refractivity contribution in [2.45, 2.75) is 37.3 Å². The van der Waals surface area contributed by atoms with Crippen LogP contribution in [0.1, 0.15) is 25.7 Å². The lowest BCUT2D eigenvalue weighted by atomic mass is 9.89. The summed E-state index contributed by atoms with van der Waals surface area (Å²) >= 11 is 0. The topological polar surface area (TPSA) is 87.7 Å². The van der Waals surface area contributed by atoms with E-state index >= 15 is 0 Å². The number of carbonyl (C=O) groups excluding carboxylic acids is 1. The van der Waals surface area contributed by atoms with E-state index in [1.807, 2.05) is 0 Å². The molecule has 2 saturated heterocycles. The van der Waals surface area contributed by atoms with Crippen molar-refractivity contribution in [3.8, 4) is 0 Å². The van der Waals surface area contributed by atoms with Gasteiger partial charge in [-0.3, -0.25) is 4.79 Å². The zero-order valence-electron chi connectivity index (χ0n) is 9.70. The van der Waals surface area contributed by atoms with E-state index in [4.69, 9.17) is 4.74 Å². The molecular weight excluding hydrogens is 224 g/mol. The van der Waals surface area contributed by atoms with Crippen LogP contribution in [-0.4, -0.2) is 48.3 Å². The number of nitrogens with one attached hydrogen (secondary N) is 2. The highest BCUT2D eigenvalue weighted by molar-refractivity contribution is 5.89. The Labute approximate surface area is 99.7 Å². The molecule has 0 spiro atoms. The number of carbonyl (C=O) groups is 2. The van der Waals surface area contributed by atoms with Crippen LogP contribution in [0.25, 0.3) is 0 Å². The molecule has 0 aromatic heterocycles. The average Bonchev–Trinajstić information content (AvgIpc) is 2.83. The third-order valence-electron chi connectivity index (χ3n) is 3.50. The molecule has 0 unspecified atom stereocenters. The minimum Gasteiger partial charge on any atom is -0.480 e. The van der Waals surface area contributed by atoms with Gasteiger partial charge in [0.05, 0.1) is 6.04 Å². The molecule has 6 heteroatoms. The number of carboxylic acid groups (broad SMARTS) is 1. The van der Waals surface area contributed by atoms with E-state index in [1.54, 1.807) is 0 Å². The summed E-state index contributed by atoms with van der Waals surface area (Å²) in [6.45, 7) is 1.58. The number of hydrogen-bond donors (Lipinski definition) is 3. The Hall–Kier alpha value is -1.14. The standard InChI is InChI=1S/C11H18N2O4/c14-9(8-2-1-5-12-8)13-11(10(15)16)3-6-17-7-4-11/h8,12H,1-7H2,(H,13,14)(H,15,16)/t8-/m1/s1. The van der Waals surface area contributed by atoms with Crippen molar-refractivity contribution < 1.29 is 19.4 Å². The average molecular weight is 242 g/mol. The minimum absolute atomic E-state index is 0.202. The van der Waals surface area contributed by atoms with Gasteiger partial charge in [-0.2, -0.15) is 0 Å². The number of hydrogen-bond acceptors (Lipinski definition) is 4.